The summed E-state index contributed by atoms with van der Waals surface area (Å²) in [4.78, 5) is 43.1. The van der Waals surface area contributed by atoms with Crippen LogP contribution in [0.4, 0.5) is 4.79 Å². The number of nitrogens with zero attached hydrogens (tertiary/aromatic N) is 1. The van der Waals surface area contributed by atoms with E-state index in [2.05, 4.69) is 24.5 Å². The Labute approximate surface area is 237 Å². The summed E-state index contributed by atoms with van der Waals surface area (Å²) in [7, 11) is 0. The number of rotatable bonds is 11. The lowest BCUT2D eigenvalue weighted by molar-refractivity contribution is -0.146. The van der Waals surface area contributed by atoms with Gasteiger partial charge in [-0.15, -0.1) is 0 Å². The number of ether oxygens (including phenoxy) is 1. The lowest BCUT2D eigenvalue weighted by Crippen LogP contribution is -2.57. The molecule has 0 aliphatic carbocycles. The van der Waals surface area contributed by atoms with Crippen LogP contribution in [0.2, 0.25) is 0 Å². The maximum absolute atomic E-state index is 14.5. The molecule has 7 nitrogen and oxygen atoms in total. The molecule has 3 unspecified atom stereocenters. The van der Waals surface area contributed by atoms with E-state index in [1.807, 2.05) is 73.6 Å². The molecule has 0 saturated carbocycles. The molecule has 0 radical (unpaired) electrons. The van der Waals surface area contributed by atoms with Gasteiger partial charge in [0.25, 0.3) is 0 Å². The van der Waals surface area contributed by atoms with Gasteiger partial charge in [-0.05, 0) is 110 Å². The molecule has 0 aliphatic heterocycles. The number of nitrogens with one attached hydrogen (secondary N) is 2. The molecule has 0 spiro atoms. The van der Waals surface area contributed by atoms with Crippen molar-refractivity contribution >= 4 is 17.9 Å². The first-order valence-corrected chi connectivity index (χ1v) is 14.4. The number of carbonyl (C=O) groups excluding carboxylic acids is 3. The number of amides is 3. The zero-order valence-corrected chi connectivity index (χ0v) is 26.8. The number of carbonyl (C=O) groups is 3. The fraction of sp³-hybridized carbons (Fsp3) is 0.719. The van der Waals surface area contributed by atoms with Crippen LogP contribution in [-0.2, 0) is 14.3 Å². The van der Waals surface area contributed by atoms with Crippen molar-refractivity contribution in [3.05, 3.63) is 34.9 Å². The Kier molecular flexibility index (Phi) is 12.5. The average Bonchev–Trinajstić information content (AvgIpc) is 2.74. The van der Waals surface area contributed by atoms with Crippen molar-refractivity contribution in [1.29, 1.82) is 0 Å². The van der Waals surface area contributed by atoms with Crippen molar-refractivity contribution in [3.63, 3.8) is 0 Å². The third-order valence-electron chi connectivity index (χ3n) is 6.55. The second kappa shape index (κ2) is 14.2. The van der Waals surface area contributed by atoms with Crippen LogP contribution in [0.1, 0.15) is 118 Å². The molecule has 0 bridgehead atoms. The molecule has 0 saturated heterocycles. The highest BCUT2D eigenvalue weighted by molar-refractivity contribution is 5.92. The first-order valence-electron chi connectivity index (χ1n) is 14.4. The molecule has 3 atom stereocenters. The zero-order chi connectivity index (χ0) is 30.3. The molecule has 222 valence electrons. The Hall–Kier alpha value is -2.57. The fourth-order valence-corrected chi connectivity index (χ4v) is 4.56. The molecule has 39 heavy (non-hydrogen) atoms. The van der Waals surface area contributed by atoms with Gasteiger partial charge in [-0.3, -0.25) is 9.59 Å². The standard InChI is InChI=1S/C32H55N3O4/c1-20(2)17-18-23(6)35(29(37)26(19-21(3)4)33-30(38)39-32(11,12)13)27(28(36)34-31(8,9)10)25-16-14-15-22(5)24(25)7/h14-16,20-21,23,26-27H,17-19H2,1-13H3,(H,33,38)(H,34,36). The molecule has 7 heteroatoms. The summed E-state index contributed by atoms with van der Waals surface area (Å²) < 4.78 is 5.51. The monoisotopic (exact) mass is 545 g/mol. The van der Waals surface area contributed by atoms with E-state index in [0.717, 1.165) is 29.5 Å². The molecule has 0 heterocycles. The third kappa shape index (κ3) is 11.6. The summed E-state index contributed by atoms with van der Waals surface area (Å²) in [5, 5.41) is 5.97. The Bertz CT molecular complexity index is 973. The highest BCUT2D eigenvalue weighted by Gasteiger charge is 2.40. The van der Waals surface area contributed by atoms with Crippen molar-refractivity contribution in [2.45, 2.75) is 139 Å². The average molecular weight is 546 g/mol. The Morgan fingerprint density at radius 1 is 0.897 bits per heavy atom. The van der Waals surface area contributed by atoms with E-state index in [9.17, 15) is 14.4 Å². The number of aryl methyl sites for hydroxylation is 1. The second-order valence-corrected chi connectivity index (χ2v) is 13.8. The zero-order valence-electron chi connectivity index (χ0n) is 26.8. The van der Waals surface area contributed by atoms with Crippen molar-refractivity contribution in [2.24, 2.45) is 11.8 Å². The minimum atomic E-state index is -0.853. The topological polar surface area (TPSA) is 87.7 Å². The van der Waals surface area contributed by atoms with Crippen LogP contribution in [-0.4, -0.2) is 46.0 Å². The van der Waals surface area contributed by atoms with Gasteiger partial charge in [0.2, 0.25) is 11.8 Å². The molecule has 2 N–H and O–H groups in total. The molecule has 1 rings (SSSR count). The molecule has 1 aromatic rings. The van der Waals surface area contributed by atoms with E-state index in [1.165, 1.54) is 0 Å². The highest BCUT2D eigenvalue weighted by Crippen LogP contribution is 2.31. The van der Waals surface area contributed by atoms with Crippen LogP contribution < -0.4 is 10.6 Å². The minimum Gasteiger partial charge on any atom is -0.444 e. The largest absolute Gasteiger partial charge is 0.444 e. The van der Waals surface area contributed by atoms with E-state index < -0.39 is 29.3 Å². The first kappa shape index (κ1) is 34.5. The smallest absolute Gasteiger partial charge is 0.408 e. The van der Waals surface area contributed by atoms with Crippen LogP contribution >= 0.6 is 0 Å². The molecular formula is C32H55N3O4. The number of hydrogen-bond donors (Lipinski definition) is 2. The lowest BCUT2D eigenvalue weighted by Gasteiger charge is -2.40. The van der Waals surface area contributed by atoms with E-state index in [0.29, 0.717) is 12.3 Å². The number of benzene rings is 1. The second-order valence-electron chi connectivity index (χ2n) is 13.8. The molecule has 0 aromatic heterocycles. The van der Waals surface area contributed by atoms with Gasteiger partial charge in [-0.1, -0.05) is 45.9 Å². The molecule has 0 aliphatic rings. The molecular weight excluding hydrogens is 490 g/mol. The van der Waals surface area contributed by atoms with Gasteiger partial charge < -0.3 is 20.3 Å². The van der Waals surface area contributed by atoms with Gasteiger partial charge in [-0.25, -0.2) is 4.79 Å². The summed E-state index contributed by atoms with van der Waals surface area (Å²) in [5.74, 6) is 0.0601. The van der Waals surface area contributed by atoms with Gasteiger partial charge in [0.05, 0.1) is 0 Å². The van der Waals surface area contributed by atoms with Gasteiger partial charge >= 0.3 is 6.09 Å². The normalized spacial score (nSPS) is 14.5. The van der Waals surface area contributed by atoms with Gasteiger partial charge in [0, 0.05) is 11.6 Å². The molecule has 0 fully saturated rings. The van der Waals surface area contributed by atoms with E-state index in [4.69, 9.17) is 4.74 Å². The molecule has 3 amide bonds. The first-order chi connectivity index (χ1) is 17.7. The quantitative estimate of drug-likeness (QED) is 0.318. The number of hydrogen-bond acceptors (Lipinski definition) is 4. The van der Waals surface area contributed by atoms with Crippen molar-refractivity contribution in [2.75, 3.05) is 0 Å². The molecule has 1 aromatic carbocycles. The summed E-state index contributed by atoms with van der Waals surface area (Å²) in [5.41, 5.74) is 1.62. The van der Waals surface area contributed by atoms with Crippen LogP contribution in [0.5, 0.6) is 0 Å². The summed E-state index contributed by atoms with van der Waals surface area (Å²) in [6.07, 6.45) is 1.42. The predicted octanol–water partition coefficient (Wildman–Crippen LogP) is 6.85. The Morgan fingerprint density at radius 3 is 1.97 bits per heavy atom. The van der Waals surface area contributed by atoms with Crippen molar-refractivity contribution in [1.82, 2.24) is 15.5 Å². The lowest BCUT2D eigenvalue weighted by atomic mass is 9.91. The van der Waals surface area contributed by atoms with Crippen LogP contribution in [0, 0.1) is 25.7 Å². The maximum Gasteiger partial charge on any atom is 0.408 e. The Balaban J connectivity index is 3.75. The van der Waals surface area contributed by atoms with Crippen molar-refractivity contribution in [3.8, 4) is 0 Å². The van der Waals surface area contributed by atoms with Crippen LogP contribution in [0.15, 0.2) is 18.2 Å². The van der Waals surface area contributed by atoms with Crippen LogP contribution in [0.25, 0.3) is 0 Å². The summed E-state index contributed by atoms with van der Waals surface area (Å²) >= 11 is 0. The van der Waals surface area contributed by atoms with Gasteiger partial charge in [0.1, 0.15) is 17.7 Å². The van der Waals surface area contributed by atoms with E-state index in [1.54, 1.807) is 25.7 Å². The fourth-order valence-electron chi connectivity index (χ4n) is 4.56. The van der Waals surface area contributed by atoms with E-state index >= 15 is 0 Å². The third-order valence-corrected chi connectivity index (χ3v) is 6.55. The predicted molar refractivity (Wildman–Crippen MR) is 160 cm³/mol. The highest BCUT2D eigenvalue weighted by atomic mass is 16.6. The SMILES string of the molecule is Cc1cccc(C(C(=O)NC(C)(C)C)N(C(=O)C(CC(C)C)NC(=O)OC(C)(C)C)C(C)CCC(C)C)c1C. The van der Waals surface area contributed by atoms with Crippen molar-refractivity contribution < 1.29 is 19.1 Å². The van der Waals surface area contributed by atoms with Crippen LogP contribution in [0.3, 0.4) is 0 Å². The maximum atomic E-state index is 14.5. The number of alkyl carbamates (subject to hydrolysis) is 1. The minimum absolute atomic E-state index is 0.129. The van der Waals surface area contributed by atoms with E-state index in [-0.39, 0.29) is 23.8 Å². The Morgan fingerprint density at radius 2 is 1.49 bits per heavy atom. The van der Waals surface area contributed by atoms with Gasteiger partial charge in [0.15, 0.2) is 0 Å². The summed E-state index contributed by atoms with van der Waals surface area (Å²) in [6.45, 7) is 25.5. The van der Waals surface area contributed by atoms with Gasteiger partial charge in [-0.2, -0.15) is 0 Å². The summed E-state index contributed by atoms with van der Waals surface area (Å²) in [6, 6.07) is 3.94.